The summed E-state index contributed by atoms with van der Waals surface area (Å²) in [5.74, 6) is 0.222. The molecule has 1 fully saturated rings. The van der Waals surface area contributed by atoms with Crippen molar-refractivity contribution in [1.29, 1.82) is 0 Å². The van der Waals surface area contributed by atoms with Crippen LogP contribution in [0.4, 0.5) is 0 Å². The van der Waals surface area contributed by atoms with E-state index >= 15 is 0 Å². The van der Waals surface area contributed by atoms with Gasteiger partial charge in [-0.05, 0) is 44.7 Å². The zero-order chi connectivity index (χ0) is 13.2. The van der Waals surface area contributed by atoms with Gasteiger partial charge in [-0.3, -0.25) is 4.79 Å². The molecule has 0 aromatic carbocycles. The Kier molecular flexibility index (Phi) is 4.07. The number of carbonyl (C=O) groups is 1. The van der Waals surface area contributed by atoms with Crippen molar-refractivity contribution >= 4 is 17.2 Å². The van der Waals surface area contributed by atoms with Crippen LogP contribution < -0.4 is 5.32 Å². The van der Waals surface area contributed by atoms with E-state index in [1.54, 1.807) is 11.3 Å². The highest BCUT2D eigenvalue weighted by molar-refractivity contribution is 7.10. The van der Waals surface area contributed by atoms with Crippen molar-refractivity contribution in [2.45, 2.75) is 45.2 Å². The van der Waals surface area contributed by atoms with Gasteiger partial charge < -0.3 is 10.2 Å². The van der Waals surface area contributed by atoms with Gasteiger partial charge >= 0.3 is 0 Å². The minimum absolute atomic E-state index is 0.222. The zero-order valence-electron chi connectivity index (χ0n) is 11.4. The normalized spacial score (nSPS) is 20.4. The van der Waals surface area contributed by atoms with Crippen molar-refractivity contribution in [3.63, 3.8) is 0 Å². The maximum absolute atomic E-state index is 12.6. The van der Waals surface area contributed by atoms with Gasteiger partial charge in [-0.1, -0.05) is 13.0 Å². The average Bonchev–Trinajstić information content (AvgIpc) is 2.98. The molecule has 1 aliphatic rings. The van der Waals surface area contributed by atoms with Crippen LogP contribution in [0.5, 0.6) is 0 Å². The molecule has 0 radical (unpaired) electrons. The molecular formula is C14H22N2OS. The number of likely N-dealkylation sites (tertiary alicyclic amines) is 1. The lowest BCUT2D eigenvalue weighted by molar-refractivity contribution is -0.138. The molecule has 1 saturated heterocycles. The van der Waals surface area contributed by atoms with E-state index < -0.39 is 5.54 Å². The van der Waals surface area contributed by atoms with Crippen LogP contribution in [0.3, 0.4) is 0 Å². The highest BCUT2D eigenvalue weighted by atomic mass is 32.1. The molecule has 1 aromatic rings. The molecule has 0 aliphatic carbocycles. The van der Waals surface area contributed by atoms with Gasteiger partial charge in [0.1, 0.15) is 0 Å². The van der Waals surface area contributed by atoms with Crippen LogP contribution in [0.15, 0.2) is 17.5 Å². The predicted molar refractivity (Wildman–Crippen MR) is 75.8 cm³/mol. The molecule has 3 nitrogen and oxygen atoms in total. The third-order valence-corrected chi connectivity index (χ3v) is 4.51. The Morgan fingerprint density at radius 2 is 2.39 bits per heavy atom. The van der Waals surface area contributed by atoms with Gasteiger partial charge in [0.15, 0.2) is 0 Å². The summed E-state index contributed by atoms with van der Waals surface area (Å²) in [4.78, 5) is 16.0. The maximum atomic E-state index is 12.6. The fraction of sp³-hybridized carbons (Fsp3) is 0.643. The van der Waals surface area contributed by atoms with E-state index in [2.05, 4.69) is 27.7 Å². The average molecular weight is 266 g/mol. The molecule has 1 amide bonds. The molecule has 0 bridgehead atoms. The summed E-state index contributed by atoms with van der Waals surface area (Å²) < 4.78 is 0. The molecule has 1 aliphatic heterocycles. The van der Waals surface area contributed by atoms with Gasteiger partial charge in [0.25, 0.3) is 0 Å². The van der Waals surface area contributed by atoms with Gasteiger partial charge in [0.2, 0.25) is 5.91 Å². The summed E-state index contributed by atoms with van der Waals surface area (Å²) in [7, 11) is 0. The number of hydrogen-bond acceptors (Lipinski definition) is 3. The van der Waals surface area contributed by atoms with E-state index in [1.807, 2.05) is 20.8 Å². The van der Waals surface area contributed by atoms with Crippen molar-refractivity contribution in [2.75, 3.05) is 13.1 Å². The molecule has 2 rings (SSSR count). The lowest BCUT2D eigenvalue weighted by Crippen LogP contribution is -2.53. The monoisotopic (exact) mass is 266 g/mol. The number of carbonyl (C=O) groups excluding carboxylic acids is 1. The van der Waals surface area contributed by atoms with E-state index in [1.165, 1.54) is 4.88 Å². The summed E-state index contributed by atoms with van der Waals surface area (Å²) in [5, 5.41) is 5.37. The minimum Gasteiger partial charge on any atom is -0.333 e. The molecule has 1 aromatic heterocycles. The molecule has 4 heteroatoms. The van der Waals surface area contributed by atoms with Crippen molar-refractivity contribution in [2.24, 2.45) is 0 Å². The number of hydrogen-bond donors (Lipinski definition) is 1. The first-order chi connectivity index (χ1) is 8.56. The summed E-state index contributed by atoms with van der Waals surface area (Å²) in [5.41, 5.74) is -0.464. The second kappa shape index (κ2) is 5.41. The van der Waals surface area contributed by atoms with Crippen LogP contribution in [0.25, 0.3) is 0 Å². The molecule has 0 spiro atoms. The van der Waals surface area contributed by atoms with E-state index in [0.717, 1.165) is 25.9 Å². The lowest BCUT2D eigenvalue weighted by Gasteiger charge is -2.33. The Morgan fingerprint density at radius 3 is 3.00 bits per heavy atom. The van der Waals surface area contributed by atoms with Crippen molar-refractivity contribution in [1.82, 2.24) is 10.2 Å². The van der Waals surface area contributed by atoms with E-state index in [-0.39, 0.29) is 11.9 Å². The largest absolute Gasteiger partial charge is 0.333 e. The molecule has 2 heterocycles. The summed E-state index contributed by atoms with van der Waals surface area (Å²) in [6.45, 7) is 7.69. The fourth-order valence-electron chi connectivity index (χ4n) is 2.66. The molecular weight excluding hydrogens is 244 g/mol. The lowest BCUT2D eigenvalue weighted by atomic mass is 10.0. The predicted octanol–water partition coefficient (Wildman–Crippen LogP) is 2.80. The third-order valence-electron chi connectivity index (χ3n) is 3.54. The molecule has 1 N–H and O–H groups in total. The Balaban J connectivity index is 2.14. The maximum Gasteiger partial charge on any atom is 0.242 e. The van der Waals surface area contributed by atoms with Gasteiger partial charge in [-0.2, -0.15) is 0 Å². The van der Waals surface area contributed by atoms with E-state index in [0.29, 0.717) is 0 Å². The number of nitrogens with zero attached hydrogens (tertiary/aromatic N) is 1. The van der Waals surface area contributed by atoms with Crippen LogP contribution in [0.2, 0.25) is 0 Å². The van der Waals surface area contributed by atoms with Gasteiger partial charge in [0.05, 0.1) is 11.6 Å². The first kappa shape index (κ1) is 13.6. The Labute approximate surface area is 113 Å². The first-order valence-corrected chi connectivity index (χ1v) is 7.53. The topological polar surface area (TPSA) is 32.3 Å². The quantitative estimate of drug-likeness (QED) is 0.909. The molecule has 100 valence electrons. The van der Waals surface area contributed by atoms with E-state index in [4.69, 9.17) is 0 Å². The highest BCUT2D eigenvalue weighted by Gasteiger charge is 2.38. The number of nitrogens with one attached hydrogen (secondary N) is 1. The number of rotatable bonds is 4. The SMILES string of the molecule is CCNC(C)(C)C(=O)N1CCCC1c1cccs1. The van der Waals surface area contributed by atoms with E-state index in [9.17, 15) is 4.79 Å². The van der Waals surface area contributed by atoms with Crippen molar-refractivity contribution in [3.8, 4) is 0 Å². The standard InChI is InChI=1S/C14H22N2OS/c1-4-15-14(2,3)13(17)16-9-5-7-11(16)12-8-6-10-18-12/h6,8,10-11,15H,4-5,7,9H2,1-3H3. The van der Waals surface area contributed by atoms with Crippen LogP contribution in [0, 0.1) is 0 Å². The fourth-order valence-corrected chi connectivity index (χ4v) is 3.54. The second-order valence-electron chi connectivity index (χ2n) is 5.33. The van der Waals surface area contributed by atoms with Crippen molar-refractivity contribution in [3.05, 3.63) is 22.4 Å². The van der Waals surface area contributed by atoms with Crippen LogP contribution >= 0.6 is 11.3 Å². The molecule has 18 heavy (non-hydrogen) atoms. The number of amides is 1. The molecule has 0 saturated carbocycles. The first-order valence-electron chi connectivity index (χ1n) is 6.65. The Hall–Kier alpha value is -0.870. The van der Waals surface area contributed by atoms with Crippen molar-refractivity contribution < 1.29 is 4.79 Å². The van der Waals surface area contributed by atoms with Crippen LogP contribution in [0.1, 0.15) is 44.5 Å². The Morgan fingerprint density at radius 1 is 1.61 bits per heavy atom. The smallest absolute Gasteiger partial charge is 0.242 e. The molecule has 1 atom stereocenters. The van der Waals surface area contributed by atoms with Crippen LogP contribution in [-0.4, -0.2) is 29.4 Å². The summed E-state index contributed by atoms with van der Waals surface area (Å²) in [6.07, 6.45) is 2.20. The minimum atomic E-state index is -0.464. The number of thiophene rings is 1. The summed E-state index contributed by atoms with van der Waals surface area (Å²) in [6, 6.07) is 4.49. The van der Waals surface area contributed by atoms with Gasteiger partial charge in [-0.15, -0.1) is 11.3 Å². The van der Waals surface area contributed by atoms with Gasteiger partial charge in [-0.25, -0.2) is 0 Å². The zero-order valence-corrected chi connectivity index (χ0v) is 12.2. The van der Waals surface area contributed by atoms with Crippen LogP contribution in [-0.2, 0) is 4.79 Å². The summed E-state index contributed by atoms with van der Waals surface area (Å²) >= 11 is 1.75. The third kappa shape index (κ3) is 2.59. The van der Waals surface area contributed by atoms with Gasteiger partial charge in [0, 0.05) is 11.4 Å². The Bertz CT molecular complexity index is 400. The highest BCUT2D eigenvalue weighted by Crippen LogP contribution is 2.35. The second-order valence-corrected chi connectivity index (χ2v) is 6.31. The number of likely N-dealkylation sites (N-methyl/N-ethyl adjacent to an activating group) is 1. The molecule has 1 unspecified atom stereocenters.